The number of rotatable bonds is 0. The van der Waals surface area contributed by atoms with E-state index >= 15 is 0 Å². The molecule has 0 aromatic heterocycles. The molecule has 0 radical (unpaired) electrons. The molecular formula is H20As6LiO28P. The van der Waals surface area contributed by atoms with Crippen molar-refractivity contribution >= 4 is 94.9 Å². The number of hydrogen-bond donors (Lipinski definition) is 20. The monoisotopic (exact) mass is 956 g/mol. The molecule has 28 nitrogen and oxygen atoms in total. The maximum atomic E-state index is 8.94. The number of phosphoric acid groups is 1. The van der Waals surface area contributed by atoms with Gasteiger partial charge in [-0.2, -0.15) is 0 Å². The van der Waals surface area contributed by atoms with Crippen molar-refractivity contribution in [3.63, 3.8) is 0 Å². The van der Waals surface area contributed by atoms with Crippen molar-refractivity contribution < 1.29 is 134 Å². The van der Waals surface area contributed by atoms with Crippen LogP contribution < -0.4 is 23.8 Å². The molecule has 0 unspecified atom stereocenters. The Morgan fingerprint density at radius 2 is 0.361 bits per heavy atom. The first-order valence-electron chi connectivity index (χ1n) is 5.46. The Morgan fingerprint density at radius 1 is 0.361 bits per heavy atom. The molecule has 0 saturated carbocycles. The topological polar surface area (TPSA) is 547 Å². The van der Waals surface area contributed by atoms with Gasteiger partial charge in [0.25, 0.3) is 7.82 Å². The predicted molar refractivity (Wildman–Crippen MR) is 90.6 cm³/mol. The Hall–Kier alpha value is 2.14. The minimum atomic E-state index is -5.12. The van der Waals surface area contributed by atoms with Crippen molar-refractivity contribution in [3.05, 3.63) is 0 Å². The Labute approximate surface area is 227 Å². The van der Waals surface area contributed by atoms with Gasteiger partial charge in [0.1, 0.15) is 0 Å². The summed E-state index contributed by atoms with van der Waals surface area (Å²) >= 11 is -30.8. The van der Waals surface area contributed by atoms with E-state index in [0.29, 0.717) is 0 Å². The van der Waals surface area contributed by atoms with Gasteiger partial charge in [-0.1, -0.05) is 0 Å². The Balaban J connectivity index is -0.0000000422. The largest absolute Gasteiger partial charge is 1.00 e. The van der Waals surface area contributed by atoms with Gasteiger partial charge in [0.2, 0.25) is 0 Å². The molecule has 0 heterocycles. The van der Waals surface area contributed by atoms with Crippen LogP contribution in [0.15, 0.2) is 0 Å². The Morgan fingerprint density at radius 3 is 0.361 bits per heavy atom. The van der Waals surface area contributed by atoms with Crippen LogP contribution in [0.25, 0.3) is 0 Å². The third-order valence-corrected chi connectivity index (χ3v) is 0. The van der Waals surface area contributed by atoms with Crippen LogP contribution in [0.2, 0.25) is 0 Å². The molecular weight excluding hydrogens is 935 g/mol. The predicted octanol–water partition coefficient (Wildman–Crippen LogP) is -17.6. The van der Waals surface area contributed by atoms with Crippen LogP contribution in [0.4, 0.5) is 0 Å². The van der Waals surface area contributed by atoms with Gasteiger partial charge in [-0.25, -0.2) is 0 Å². The van der Waals surface area contributed by atoms with Crippen LogP contribution >= 0.6 is 7.82 Å². The normalized spacial score (nSPS) is 11.5. The summed E-state index contributed by atoms with van der Waals surface area (Å²) in [5, 5.41) is 0. The standard InChI is InChI=1S/6AsH3O4.Li.H3O4P/c6*2-1(3,4)5;;1-5(2,3)4/h6*(H3,2,3,4,5);;(H3,1,2,3,4)/q;;;;;;+1;/p-1. The maximum absolute atomic E-state index is 8.94. The van der Waals surface area contributed by atoms with Crippen molar-refractivity contribution in [2.24, 2.45) is 0 Å². The van der Waals surface area contributed by atoms with E-state index in [1.54, 1.807) is 0 Å². The summed E-state index contributed by atoms with van der Waals surface area (Å²) in [6.07, 6.45) is 0. The van der Waals surface area contributed by atoms with E-state index in [9.17, 15) is 0 Å². The zero-order valence-electron chi connectivity index (χ0n) is 16.3. The molecule has 0 amide bonds. The van der Waals surface area contributed by atoms with E-state index in [2.05, 4.69) is 0 Å². The summed E-state index contributed by atoms with van der Waals surface area (Å²) in [6.45, 7) is 0. The van der Waals surface area contributed by atoms with Crippen molar-refractivity contribution in [2.75, 3.05) is 0 Å². The molecule has 20 N–H and O–H groups in total. The molecule has 0 aliphatic rings. The van der Waals surface area contributed by atoms with E-state index in [1.165, 1.54) is 0 Å². The van der Waals surface area contributed by atoms with Crippen LogP contribution in [0.1, 0.15) is 0 Å². The van der Waals surface area contributed by atoms with Gasteiger partial charge >= 0.3 is 202 Å². The summed E-state index contributed by atoms with van der Waals surface area (Å²) in [5.41, 5.74) is 0. The molecule has 36 heavy (non-hydrogen) atoms. The molecule has 36 heteroatoms. The first-order valence-corrected chi connectivity index (χ1v) is 26.7. The zero-order chi connectivity index (χ0) is 31.5. The SMILES string of the molecule is O=P([O-])(O)O.O=[As](O)(O)O.O=[As](O)(O)O.O=[As](O)(O)O.O=[As](O)(O)O.O=[As](O)(O)O.O=[As](O)(O)O.[Li+]. The third-order valence-electron chi connectivity index (χ3n) is 0. The summed E-state index contributed by atoms with van der Waals surface area (Å²) in [6, 6.07) is 0. The summed E-state index contributed by atoms with van der Waals surface area (Å²) in [5.74, 6) is 0. The van der Waals surface area contributed by atoms with Gasteiger partial charge in [0.05, 0.1) is 0 Å². The van der Waals surface area contributed by atoms with E-state index in [1.807, 2.05) is 0 Å². The molecule has 0 aromatic carbocycles. The molecule has 224 valence electrons. The number of hydrogen-bond acceptors (Lipinski definition) is 8. The fourth-order valence-corrected chi connectivity index (χ4v) is 0. The van der Waals surface area contributed by atoms with Crippen molar-refractivity contribution in [2.45, 2.75) is 0 Å². The quantitative estimate of drug-likeness (QED) is 0.0792. The van der Waals surface area contributed by atoms with E-state index in [0.717, 1.165) is 0 Å². The molecule has 0 spiro atoms. The fraction of sp³-hybridized carbons (Fsp3) is 0. The fourth-order valence-electron chi connectivity index (χ4n) is 0. The summed E-state index contributed by atoms with van der Waals surface area (Å²) in [7, 11) is -4.89. The van der Waals surface area contributed by atoms with Gasteiger partial charge < -0.3 is 14.7 Å². The van der Waals surface area contributed by atoms with Crippen molar-refractivity contribution in [1.82, 2.24) is 0 Å². The molecule has 0 atom stereocenters. The van der Waals surface area contributed by atoms with Crippen LogP contribution in [-0.2, 0) is 27.0 Å². The summed E-state index contributed by atoms with van der Waals surface area (Å²) in [4.78, 5) is 22.9. The van der Waals surface area contributed by atoms with Gasteiger partial charge in [-0.15, -0.1) is 0 Å². The second-order valence-corrected chi connectivity index (χ2v) is 17.5. The minimum Gasteiger partial charge on any atom is 1.00 e. The van der Waals surface area contributed by atoms with Gasteiger partial charge in [-0.3, -0.25) is 4.57 Å². The average Bonchev–Trinajstić information content (AvgIpc) is 2.06. The zero-order valence-corrected chi connectivity index (χ0v) is 28.5. The van der Waals surface area contributed by atoms with E-state index in [-0.39, 0.29) is 18.9 Å². The second-order valence-electron chi connectivity index (χ2n) is 3.57. The molecule has 0 bridgehead atoms. The van der Waals surface area contributed by atoms with Gasteiger partial charge in [-0.05, 0) is 0 Å². The molecule has 0 aliphatic carbocycles. The second kappa shape index (κ2) is 24.9. The van der Waals surface area contributed by atoms with E-state index < -0.39 is 94.9 Å². The van der Waals surface area contributed by atoms with E-state index in [4.69, 9.17) is 115 Å². The summed E-state index contributed by atoms with van der Waals surface area (Å²) < 4.78 is 193. The van der Waals surface area contributed by atoms with Crippen LogP contribution in [0.3, 0.4) is 0 Å². The molecule has 0 aromatic rings. The smallest absolute Gasteiger partial charge is 1.00 e. The first-order chi connectivity index (χ1) is 14.0. The van der Waals surface area contributed by atoms with Crippen LogP contribution in [-0.4, -0.2) is 171 Å². The van der Waals surface area contributed by atoms with Crippen LogP contribution in [0.5, 0.6) is 0 Å². The molecule has 0 fully saturated rings. The van der Waals surface area contributed by atoms with Crippen molar-refractivity contribution in [1.29, 1.82) is 0 Å². The average molecular weight is 956 g/mol. The maximum Gasteiger partial charge on any atom is 1.00 e. The Kier molecular flexibility index (Phi) is 40.0. The minimum absolute atomic E-state index is 0. The van der Waals surface area contributed by atoms with Crippen LogP contribution in [0, 0.1) is 0 Å². The van der Waals surface area contributed by atoms with Gasteiger partial charge in [0, 0.05) is 0 Å². The molecule has 0 rings (SSSR count). The van der Waals surface area contributed by atoms with Crippen molar-refractivity contribution in [3.8, 4) is 0 Å². The molecule has 0 saturated heterocycles. The van der Waals surface area contributed by atoms with Gasteiger partial charge in [0.15, 0.2) is 0 Å². The third kappa shape index (κ3) is 9760. The Bertz CT molecular complexity index is 556. The first kappa shape index (κ1) is 57.9. The molecule has 0 aliphatic heterocycles.